The van der Waals surface area contributed by atoms with Crippen LogP contribution in [0.2, 0.25) is 0 Å². The van der Waals surface area contributed by atoms with E-state index in [1.807, 2.05) is 0 Å². The molecule has 1 N–H and O–H groups in total. The molecule has 0 heterocycles. The lowest BCUT2D eigenvalue weighted by Crippen LogP contribution is -2.23. The van der Waals surface area contributed by atoms with Gasteiger partial charge in [-0.15, -0.1) is 0 Å². The Kier molecular flexibility index (Phi) is 4.79. The van der Waals surface area contributed by atoms with Crippen LogP contribution in [-0.2, 0) is 4.74 Å². The lowest BCUT2D eigenvalue weighted by molar-refractivity contribution is 0.196. The first-order valence-corrected chi connectivity index (χ1v) is 5.44. The fourth-order valence-corrected chi connectivity index (χ4v) is 1.71. The fourth-order valence-electron chi connectivity index (χ4n) is 1.71. The molecule has 0 aliphatic rings. The molecule has 84 valence electrons. The molecule has 2 nitrogen and oxygen atoms in total. The topological polar surface area (TPSA) is 21.3 Å². The number of rotatable bonds is 5. The van der Waals surface area contributed by atoms with Crippen molar-refractivity contribution in [3.63, 3.8) is 0 Å². The van der Waals surface area contributed by atoms with Gasteiger partial charge < -0.3 is 10.1 Å². The van der Waals surface area contributed by atoms with Crippen LogP contribution in [0.4, 0.5) is 0 Å². The molecule has 0 saturated heterocycles. The summed E-state index contributed by atoms with van der Waals surface area (Å²) < 4.78 is 5.02. The first-order chi connectivity index (χ1) is 7.15. The average molecular weight is 207 g/mol. The van der Waals surface area contributed by atoms with Gasteiger partial charge in [0.25, 0.3) is 0 Å². The highest BCUT2D eigenvalue weighted by Gasteiger charge is 2.07. The molecule has 1 rings (SSSR count). The zero-order valence-corrected chi connectivity index (χ0v) is 10.1. The number of methoxy groups -OCH3 is 1. The third kappa shape index (κ3) is 3.65. The molecule has 0 amide bonds. The molecule has 0 radical (unpaired) electrons. The van der Waals surface area contributed by atoms with Gasteiger partial charge in [-0.1, -0.05) is 23.8 Å². The molecule has 0 fully saturated rings. The van der Waals surface area contributed by atoms with E-state index in [0.717, 1.165) is 13.2 Å². The van der Waals surface area contributed by atoms with Crippen molar-refractivity contribution >= 4 is 0 Å². The fraction of sp³-hybridized carbons (Fsp3) is 0.538. The van der Waals surface area contributed by atoms with E-state index in [0.29, 0.717) is 6.04 Å². The lowest BCUT2D eigenvalue weighted by Gasteiger charge is -2.17. The molecule has 0 bridgehead atoms. The molecule has 1 aromatic rings. The molecule has 1 unspecified atom stereocenters. The quantitative estimate of drug-likeness (QED) is 0.749. The van der Waals surface area contributed by atoms with Gasteiger partial charge >= 0.3 is 0 Å². The monoisotopic (exact) mass is 207 g/mol. The second-order valence-electron chi connectivity index (χ2n) is 4.03. The van der Waals surface area contributed by atoms with Gasteiger partial charge in [0, 0.05) is 19.7 Å². The number of hydrogen-bond donors (Lipinski definition) is 1. The summed E-state index contributed by atoms with van der Waals surface area (Å²) in [6.07, 6.45) is 0. The van der Waals surface area contributed by atoms with Crippen LogP contribution in [0.15, 0.2) is 18.2 Å². The molecule has 1 atom stereocenters. The summed E-state index contributed by atoms with van der Waals surface area (Å²) >= 11 is 0. The van der Waals surface area contributed by atoms with Gasteiger partial charge in [-0.3, -0.25) is 0 Å². The van der Waals surface area contributed by atoms with Gasteiger partial charge in [0.1, 0.15) is 0 Å². The minimum absolute atomic E-state index is 0.389. The van der Waals surface area contributed by atoms with Crippen LogP contribution in [0.5, 0.6) is 0 Å². The third-order valence-corrected chi connectivity index (χ3v) is 2.66. The molecular formula is C13H21NO. The van der Waals surface area contributed by atoms with Crippen LogP contribution in [0, 0.1) is 13.8 Å². The molecular weight excluding hydrogens is 186 g/mol. The molecule has 1 aromatic carbocycles. The molecule has 0 aliphatic heterocycles. The Hall–Kier alpha value is -0.860. The summed E-state index contributed by atoms with van der Waals surface area (Å²) in [7, 11) is 1.73. The normalized spacial score (nSPS) is 12.8. The summed E-state index contributed by atoms with van der Waals surface area (Å²) in [6, 6.07) is 6.97. The van der Waals surface area contributed by atoms with Crippen LogP contribution < -0.4 is 5.32 Å². The minimum Gasteiger partial charge on any atom is -0.383 e. The van der Waals surface area contributed by atoms with Gasteiger partial charge in [0.2, 0.25) is 0 Å². The van der Waals surface area contributed by atoms with Crippen molar-refractivity contribution < 1.29 is 4.74 Å². The summed E-state index contributed by atoms with van der Waals surface area (Å²) in [5.41, 5.74) is 4.04. The van der Waals surface area contributed by atoms with Crippen LogP contribution in [0.1, 0.15) is 29.7 Å². The summed E-state index contributed by atoms with van der Waals surface area (Å²) in [5, 5.41) is 3.44. The summed E-state index contributed by atoms with van der Waals surface area (Å²) in [4.78, 5) is 0. The van der Waals surface area contributed by atoms with E-state index in [4.69, 9.17) is 4.74 Å². The van der Waals surface area contributed by atoms with E-state index < -0.39 is 0 Å². The average Bonchev–Trinajstić information content (AvgIpc) is 2.22. The van der Waals surface area contributed by atoms with Crippen LogP contribution in [0.25, 0.3) is 0 Å². The van der Waals surface area contributed by atoms with Crippen LogP contribution >= 0.6 is 0 Å². The number of hydrogen-bond acceptors (Lipinski definition) is 2. The molecule has 0 saturated carbocycles. The van der Waals surface area contributed by atoms with Gasteiger partial charge in [-0.25, -0.2) is 0 Å². The Balaban J connectivity index is 2.64. The van der Waals surface area contributed by atoms with Gasteiger partial charge in [0.05, 0.1) is 6.61 Å². The maximum absolute atomic E-state index is 5.02. The Labute approximate surface area is 92.6 Å². The standard InChI is InChI=1S/C13H21NO/c1-10-5-6-11(2)13(9-10)12(3)14-7-8-15-4/h5-6,9,12,14H,7-8H2,1-4H3. The van der Waals surface area contributed by atoms with Crippen molar-refractivity contribution in [1.82, 2.24) is 5.32 Å². The Morgan fingerprint density at radius 2 is 2.07 bits per heavy atom. The number of nitrogens with one attached hydrogen (secondary N) is 1. The second kappa shape index (κ2) is 5.89. The Morgan fingerprint density at radius 3 is 2.73 bits per heavy atom. The highest BCUT2D eigenvalue weighted by molar-refractivity contribution is 5.32. The van der Waals surface area contributed by atoms with E-state index in [9.17, 15) is 0 Å². The van der Waals surface area contributed by atoms with E-state index in [-0.39, 0.29) is 0 Å². The summed E-state index contributed by atoms with van der Waals surface area (Å²) in [6.45, 7) is 8.13. The van der Waals surface area contributed by atoms with Crippen molar-refractivity contribution in [2.24, 2.45) is 0 Å². The van der Waals surface area contributed by atoms with Crippen molar-refractivity contribution in [3.8, 4) is 0 Å². The summed E-state index contributed by atoms with van der Waals surface area (Å²) in [5.74, 6) is 0. The Bertz CT molecular complexity index is 309. The molecule has 0 aromatic heterocycles. The third-order valence-electron chi connectivity index (χ3n) is 2.66. The number of benzene rings is 1. The number of ether oxygens (including phenoxy) is 1. The first kappa shape index (κ1) is 12.2. The SMILES string of the molecule is COCCNC(C)c1cc(C)ccc1C. The van der Waals surface area contributed by atoms with Crippen LogP contribution in [0.3, 0.4) is 0 Å². The highest BCUT2D eigenvalue weighted by atomic mass is 16.5. The zero-order chi connectivity index (χ0) is 11.3. The zero-order valence-electron chi connectivity index (χ0n) is 10.1. The first-order valence-electron chi connectivity index (χ1n) is 5.44. The van der Waals surface area contributed by atoms with Crippen molar-refractivity contribution in [2.75, 3.05) is 20.3 Å². The lowest BCUT2D eigenvalue weighted by atomic mass is 10.00. The smallest absolute Gasteiger partial charge is 0.0587 e. The minimum atomic E-state index is 0.389. The maximum atomic E-state index is 5.02. The van der Waals surface area contributed by atoms with Crippen molar-refractivity contribution in [3.05, 3.63) is 34.9 Å². The van der Waals surface area contributed by atoms with E-state index in [2.05, 4.69) is 44.3 Å². The van der Waals surface area contributed by atoms with Crippen molar-refractivity contribution in [2.45, 2.75) is 26.8 Å². The van der Waals surface area contributed by atoms with Gasteiger partial charge in [-0.05, 0) is 31.9 Å². The van der Waals surface area contributed by atoms with Gasteiger partial charge in [-0.2, -0.15) is 0 Å². The van der Waals surface area contributed by atoms with Crippen molar-refractivity contribution in [1.29, 1.82) is 0 Å². The second-order valence-corrected chi connectivity index (χ2v) is 4.03. The van der Waals surface area contributed by atoms with E-state index in [1.165, 1.54) is 16.7 Å². The molecule has 15 heavy (non-hydrogen) atoms. The largest absolute Gasteiger partial charge is 0.383 e. The molecule has 2 heteroatoms. The highest BCUT2D eigenvalue weighted by Crippen LogP contribution is 2.18. The maximum Gasteiger partial charge on any atom is 0.0587 e. The predicted octanol–water partition coefficient (Wildman–Crippen LogP) is 2.60. The number of aryl methyl sites for hydroxylation is 2. The predicted molar refractivity (Wildman–Crippen MR) is 64.2 cm³/mol. The Morgan fingerprint density at radius 1 is 1.33 bits per heavy atom. The molecule has 0 spiro atoms. The van der Waals surface area contributed by atoms with E-state index in [1.54, 1.807) is 7.11 Å². The van der Waals surface area contributed by atoms with Crippen LogP contribution in [-0.4, -0.2) is 20.3 Å². The molecule has 0 aliphatic carbocycles. The van der Waals surface area contributed by atoms with E-state index >= 15 is 0 Å². The van der Waals surface area contributed by atoms with Gasteiger partial charge in [0.15, 0.2) is 0 Å².